The number of carbonyl (C=O) groups is 1. The number of hydrogen-bond donors (Lipinski definition) is 3. The van der Waals surface area contributed by atoms with Crippen LogP contribution in [0.15, 0.2) is 18.2 Å². The van der Waals surface area contributed by atoms with Crippen LogP contribution in [0.25, 0.3) is 0 Å². The maximum atomic E-state index is 13.3. The van der Waals surface area contributed by atoms with Crippen molar-refractivity contribution < 1.29 is 14.3 Å². The van der Waals surface area contributed by atoms with E-state index in [0.717, 1.165) is 36.8 Å². The van der Waals surface area contributed by atoms with Gasteiger partial charge in [0.25, 0.3) is 0 Å². The Hall–Kier alpha value is -1.27. The van der Waals surface area contributed by atoms with Gasteiger partial charge in [0.15, 0.2) is 0 Å². The van der Waals surface area contributed by atoms with E-state index in [2.05, 4.69) is 10.6 Å². The van der Waals surface area contributed by atoms with Gasteiger partial charge in [-0.3, -0.25) is 0 Å². The molecule has 0 aromatic heterocycles. The number of aliphatic hydroxyl groups excluding tert-OH is 1. The third-order valence-electron chi connectivity index (χ3n) is 3.95. The minimum absolute atomic E-state index is 0.173. The Labute approximate surface area is 134 Å². The van der Waals surface area contributed by atoms with Gasteiger partial charge in [-0.05, 0) is 42.4 Å². The second-order valence-electron chi connectivity index (χ2n) is 5.63. The average molecular weight is 326 g/mol. The predicted octanol–water partition coefficient (Wildman–Crippen LogP) is 2.79. The molecule has 0 radical (unpaired) electrons. The van der Waals surface area contributed by atoms with E-state index >= 15 is 0 Å². The lowest BCUT2D eigenvalue weighted by Gasteiger charge is -2.28. The minimum Gasteiger partial charge on any atom is -0.391 e. The van der Waals surface area contributed by atoms with Crippen LogP contribution in [-0.4, -0.2) is 29.5 Å². The monoisotopic (exact) mass is 326 g/mol. The summed E-state index contributed by atoms with van der Waals surface area (Å²) in [5, 5.41) is 15.5. The van der Waals surface area contributed by atoms with Gasteiger partial charge in [-0.15, -0.1) is 0 Å². The van der Waals surface area contributed by atoms with Gasteiger partial charge in [-0.25, -0.2) is 9.18 Å². The van der Waals surface area contributed by atoms with Crippen LogP contribution in [0.5, 0.6) is 0 Å². The van der Waals surface area contributed by atoms with Crippen molar-refractivity contribution in [1.82, 2.24) is 10.6 Å². The van der Waals surface area contributed by atoms with Crippen molar-refractivity contribution in [3.05, 3.63) is 35.1 Å². The first-order valence-electron chi connectivity index (χ1n) is 7.59. The molecule has 0 unspecified atom stereocenters. The van der Waals surface area contributed by atoms with Crippen LogP contribution in [0, 0.1) is 5.82 Å². The standard InChI is InChI=1S/C16H23FN2O2S/c1-22-10-12-8-13(17)7-6-11(12)9-18-16(21)19-14-4-2-3-5-15(14)20/h6-8,14-15,20H,2-5,9-10H2,1H3,(H2,18,19,21)/t14-,15+/m0/s1. The molecule has 0 heterocycles. The van der Waals surface area contributed by atoms with E-state index in [1.807, 2.05) is 6.26 Å². The van der Waals surface area contributed by atoms with Crippen LogP contribution in [0.3, 0.4) is 0 Å². The summed E-state index contributed by atoms with van der Waals surface area (Å²) in [6, 6.07) is 4.16. The zero-order valence-electron chi connectivity index (χ0n) is 12.8. The number of halogens is 1. The molecule has 6 heteroatoms. The molecule has 0 aliphatic heterocycles. The number of benzene rings is 1. The van der Waals surface area contributed by atoms with Crippen LogP contribution < -0.4 is 10.6 Å². The number of rotatable bonds is 5. The highest BCUT2D eigenvalue weighted by atomic mass is 32.2. The maximum Gasteiger partial charge on any atom is 0.315 e. The number of amides is 2. The normalized spacial score (nSPS) is 21.4. The lowest BCUT2D eigenvalue weighted by molar-refractivity contribution is 0.0943. The molecule has 1 aromatic rings. The smallest absolute Gasteiger partial charge is 0.315 e. The molecule has 22 heavy (non-hydrogen) atoms. The first-order valence-corrected chi connectivity index (χ1v) is 8.98. The number of urea groups is 1. The Morgan fingerprint density at radius 2 is 2.14 bits per heavy atom. The van der Waals surface area contributed by atoms with E-state index in [9.17, 15) is 14.3 Å². The van der Waals surface area contributed by atoms with Crippen molar-refractivity contribution >= 4 is 17.8 Å². The number of nitrogens with one attached hydrogen (secondary N) is 2. The third-order valence-corrected chi connectivity index (χ3v) is 4.55. The summed E-state index contributed by atoms with van der Waals surface area (Å²) in [4.78, 5) is 12.0. The quantitative estimate of drug-likeness (QED) is 0.780. The fourth-order valence-electron chi connectivity index (χ4n) is 2.73. The van der Waals surface area contributed by atoms with Crippen LogP contribution >= 0.6 is 11.8 Å². The van der Waals surface area contributed by atoms with E-state index in [-0.39, 0.29) is 17.9 Å². The molecule has 1 aliphatic carbocycles. The zero-order valence-corrected chi connectivity index (χ0v) is 13.6. The molecule has 1 saturated carbocycles. The van der Waals surface area contributed by atoms with Gasteiger partial charge in [0.1, 0.15) is 5.82 Å². The van der Waals surface area contributed by atoms with Crippen molar-refractivity contribution in [3.8, 4) is 0 Å². The molecule has 0 saturated heterocycles. The Bertz CT molecular complexity index is 513. The highest BCUT2D eigenvalue weighted by Gasteiger charge is 2.24. The molecule has 0 bridgehead atoms. The number of carbonyl (C=O) groups excluding carboxylic acids is 1. The molecule has 1 fully saturated rings. The fraction of sp³-hybridized carbons (Fsp3) is 0.562. The molecule has 1 aliphatic rings. The van der Waals surface area contributed by atoms with Crippen molar-refractivity contribution in [1.29, 1.82) is 0 Å². The van der Waals surface area contributed by atoms with Gasteiger partial charge in [-0.2, -0.15) is 11.8 Å². The Morgan fingerprint density at radius 1 is 1.36 bits per heavy atom. The Kier molecular flexibility index (Phi) is 6.51. The molecule has 4 nitrogen and oxygen atoms in total. The summed E-state index contributed by atoms with van der Waals surface area (Å²) in [6.07, 6.45) is 5.08. The summed E-state index contributed by atoms with van der Waals surface area (Å²) in [7, 11) is 0. The second kappa shape index (κ2) is 8.39. The van der Waals surface area contributed by atoms with Gasteiger partial charge in [0, 0.05) is 12.3 Å². The van der Waals surface area contributed by atoms with E-state index in [1.165, 1.54) is 12.1 Å². The van der Waals surface area contributed by atoms with Crippen molar-refractivity contribution in [3.63, 3.8) is 0 Å². The van der Waals surface area contributed by atoms with Crippen LogP contribution in [0.2, 0.25) is 0 Å². The van der Waals surface area contributed by atoms with Crippen molar-refractivity contribution in [2.75, 3.05) is 6.26 Å². The van der Waals surface area contributed by atoms with Gasteiger partial charge >= 0.3 is 6.03 Å². The third kappa shape index (κ3) is 4.88. The lowest BCUT2D eigenvalue weighted by atomic mass is 9.93. The molecule has 1 aromatic carbocycles. The summed E-state index contributed by atoms with van der Waals surface area (Å²) >= 11 is 1.61. The van der Waals surface area contributed by atoms with E-state index in [0.29, 0.717) is 12.3 Å². The van der Waals surface area contributed by atoms with E-state index in [1.54, 1.807) is 17.8 Å². The lowest BCUT2D eigenvalue weighted by Crippen LogP contribution is -2.48. The summed E-state index contributed by atoms with van der Waals surface area (Å²) in [6.45, 7) is 0.352. The summed E-state index contributed by atoms with van der Waals surface area (Å²) < 4.78 is 13.3. The highest BCUT2D eigenvalue weighted by Crippen LogP contribution is 2.19. The Balaban J connectivity index is 1.88. The minimum atomic E-state index is -0.461. The van der Waals surface area contributed by atoms with E-state index < -0.39 is 6.10 Å². The Morgan fingerprint density at radius 3 is 2.86 bits per heavy atom. The van der Waals surface area contributed by atoms with Crippen LogP contribution in [-0.2, 0) is 12.3 Å². The highest BCUT2D eigenvalue weighted by molar-refractivity contribution is 7.97. The molecular formula is C16H23FN2O2S. The van der Waals surface area contributed by atoms with Crippen LogP contribution in [0.4, 0.5) is 9.18 Å². The zero-order chi connectivity index (χ0) is 15.9. The molecule has 2 atom stereocenters. The topological polar surface area (TPSA) is 61.4 Å². The largest absolute Gasteiger partial charge is 0.391 e. The van der Waals surface area contributed by atoms with Gasteiger partial charge < -0.3 is 15.7 Å². The average Bonchev–Trinajstić information content (AvgIpc) is 2.49. The summed E-state index contributed by atoms with van der Waals surface area (Å²) in [5.41, 5.74) is 1.81. The molecule has 0 spiro atoms. The predicted molar refractivity (Wildman–Crippen MR) is 87.3 cm³/mol. The van der Waals surface area contributed by atoms with Gasteiger partial charge in [0.05, 0.1) is 12.1 Å². The fourth-order valence-corrected chi connectivity index (χ4v) is 3.31. The first-order chi connectivity index (χ1) is 10.6. The summed E-state index contributed by atoms with van der Waals surface area (Å²) in [5.74, 6) is 0.445. The van der Waals surface area contributed by atoms with Gasteiger partial charge in [0.2, 0.25) is 0 Å². The van der Waals surface area contributed by atoms with Crippen molar-refractivity contribution in [2.45, 2.75) is 50.1 Å². The first kappa shape index (κ1) is 17.1. The SMILES string of the molecule is CSCc1cc(F)ccc1CNC(=O)N[C@H]1CCCC[C@H]1O. The molecule has 2 amide bonds. The second-order valence-corrected chi connectivity index (χ2v) is 6.50. The molecule has 2 rings (SSSR count). The van der Waals surface area contributed by atoms with Gasteiger partial charge in [-0.1, -0.05) is 18.9 Å². The molecule has 3 N–H and O–H groups in total. The number of thioether (sulfide) groups is 1. The maximum absolute atomic E-state index is 13.3. The van der Waals surface area contributed by atoms with E-state index in [4.69, 9.17) is 0 Å². The molecular weight excluding hydrogens is 303 g/mol. The number of aliphatic hydroxyl groups is 1. The molecule has 122 valence electrons. The van der Waals surface area contributed by atoms with Crippen LogP contribution in [0.1, 0.15) is 36.8 Å². The number of hydrogen-bond acceptors (Lipinski definition) is 3. The van der Waals surface area contributed by atoms with Crippen molar-refractivity contribution in [2.24, 2.45) is 0 Å².